The maximum atomic E-state index is 13.7. The summed E-state index contributed by atoms with van der Waals surface area (Å²) in [6.07, 6.45) is 1.25. The zero-order chi connectivity index (χ0) is 24.9. The van der Waals surface area contributed by atoms with Crippen molar-refractivity contribution in [1.29, 1.82) is 0 Å². The second kappa shape index (κ2) is 11.0. The van der Waals surface area contributed by atoms with Crippen LogP contribution in [0.4, 0.5) is 0 Å². The van der Waals surface area contributed by atoms with E-state index >= 15 is 0 Å². The van der Waals surface area contributed by atoms with Crippen molar-refractivity contribution in [3.05, 3.63) is 100 Å². The summed E-state index contributed by atoms with van der Waals surface area (Å²) >= 11 is 6.12. The summed E-state index contributed by atoms with van der Waals surface area (Å²) in [5.74, 6) is -1.37. The van der Waals surface area contributed by atoms with E-state index in [9.17, 15) is 19.8 Å². The van der Waals surface area contributed by atoms with E-state index in [1.54, 1.807) is 54.7 Å². The molecule has 0 bridgehead atoms. The van der Waals surface area contributed by atoms with Crippen molar-refractivity contribution in [2.45, 2.75) is 37.5 Å². The van der Waals surface area contributed by atoms with Gasteiger partial charge in [-0.2, -0.15) is 0 Å². The highest BCUT2D eigenvalue weighted by atomic mass is 35.5. The molecule has 0 spiro atoms. The Morgan fingerprint density at radius 1 is 1.11 bits per heavy atom. The number of hydrogen-bond donors (Lipinski definition) is 3. The third kappa shape index (κ3) is 5.22. The number of carbonyl (C=O) groups excluding carboxylic acids is 2. The number of pyridine rings is 1. The van der Waals surface area contributed by atoms with Gasteiger partial charge in [0.15, 0.2) is 0 Å². The first-order valence-electron chi connectivity index (χ1n) is 11.6. The molecular weight excluding hydrogens is 466 g/mol. The molecule has 0 aliphatic carbocycles. The van der Waals surface area contributed by atoms with Crippen LogP contribution in [0.5, 0.6) is 0 Å². The van der Waals surface area contributed by atoms with Crippen molar-refractivity contribution in [2.24, 2.45) is 0 Å². The van der Waals surface area contributed by atoms with Crippen LogP contribution in [0, 0.1) is 0 Å². The van der Waals surface area contributed by atoms with E-state index in [2.05, 4.69) is 10.3 Å². The molecule has 2 amide bonds. The fraction of sp³-hybridized carbons (Fsp3) is 0.296. The van der Waals surface area contributed by atoms with Gasteiger partial charge in [-0.1, -0.05) is 48.0 Å². The van der Waals surface area contributed by atoms with Crippen LogP contribution in [0.3, 0.4) is 0 Å². The number of carbonyl (C=O) groups is 2. The van der Waals surface area contributed by atoms with Gasteiger partial charge in [0.1, 0.15) is 0 Å². The Bertz CT molecular complexity index is 1170. The minimum Gasteiger partial charge on any atom is -0.394 e. The van der Waals surface area contributed by atoms with Gasteiger partial charge < -0.3 is 20.4 Å². The Kier molecular flexibility index (Phi) is 7.80. The van der Waals surface area contributed by atoms with Crippen molar-refractivity contribution in [2.75, 3.05) is 13.2 Å². The van der Waals surface area contributed by atoms with Crippen LogP contribution >= 0.6 is 11.6 Å². The second-order valence-corrected chi connectivity index (χ2v) is 9.06. The molecule has 2 heterocycles. The largest absolute Gasteiger partial charge is 0.394 e. The van der Waals surface area contributed by atoms with E-state index in [-0.39, 0.29) is 11.8 Å². The number of aliphatic hydroxyl groups excluding tert-OH is 2. The van der Waals surface area contributed by atoms with Crippen molar-refractivity contribution in [3.63, 3.8) is 0 Å². The van der Waals surface area contributed by atoms with Gasteiger partial charge in [-0.25, -0.2) is 0 Å². The molecule has 0 saturated heterocycles. The Balaban J connectivity index is 1.76. The van der Waals surface area contributed by atoms with Gasteiger partial charge in [0, 0.05) is 35.4 Å². The van der Waals surface area contributed by atoms with Gasteiger partial charge in [0.25, 0.3) is 5.91 Å². The van der Waals surface area contributed by atoms with E-state index in [0.29, 0.717) is 34.7 Å². The second-order valence-electron chi connectivity index (χ2n) is 8.63. The molecule has 7 nitrogen and oxygen atoms in total. The van der Waals surface area contributed by atoms with E-state index < -0.39 is 30.7 Å². The minimum absolute atomic E-state index is 0.256. The van der Waals surface area contributed by atoms with Crippen molar-refractivity contribution in [3.8, 4) is 0 Å². The van der Waals surface area contributed by atoms with Gasteiger partial charge in [-0.3, -0.25) is 14.6 Å². The Morgan fingerprint density at radius 2 is 1.83 bits per heavy atom. The molecule has 182 valence electrons. The summed E-state index contributed by atoms with van der Waals surface area (Å²) in [5, 5.41) is 24.1. The molecule has 4 rings (SSSR count). The van der Waals surface area contributed by atoms with Crippen molar-refractivity contribution < 1.29 is 19.8 Å². The number of aliphatic hydroxyl groups is 2. The fourth-order valence-electron chi connectivity index (χ4n) is 4.66. The predicted octanol–water partition coefficient (Wildman–Crippen LogP) is 3.12. The lowest BCUT2D eigenvalue weighted by Crippen LogP contribution is -2.55. The van der Waals surface area contributed by atoms with Crippen LogP contribution in [-0.4, -0.2) is 57.2 Å². The molecule has 1 aromatic heterocycles. The summed E-state index contributed by atoms with van der Waals surface area (Å²) < 4.78 is 0. The molecule has 0 fully saturated rings. The molecule has 0 saturated carbocycles. The standard InChI is InChI=1S/C27H28ClN3O4/c1-17(33)23(16-32)31-25(18-9-11-19(28)12-10-18)24(21-7-2-3-8-22(21)27(31)35)26(34)30-15-13-20-6-4-5-14-29-20/h2-12,14,17,23-25,32-33H,13,15-16H2,1H3,(H,30,34)/t17-,23-,24+,25-/m0/s1. The SMILES string of the molecule is C[C@H](O)[C@H](CO)N1C(=O)c2ccccc2[C@@H](C(=O)NCCc2ccccn2)[C@@H]1c1ccc(Cl)cc1. The Labute approximate surface area is 209 Å². The molecule has 0 radical (unpaired) electrons. The third-order valence-electron chi connectivity index (χ3n) is 6.38. The summed E-state index contributed by atoms with van der Waals surface area (Å²) in [6, 6.07) is 17.9. The van der Waals surface area contributed by atoms with Crippen LogP contribution in [0.15, 0.2) is 72.9 Å². The summed E-state index contributed by atoms with van der Waals surface area (Å²) in [7, 11) is 0. The van der Waals surface area contributed by atoms with Crippen LogP contribution in [-0.2, 0) is 11.2 Å². The third-order valence-corrected chi connectivity index (χ3v) is 6.63. The maximum absolute atomic E-state index is 13.7. The van der Waals surface area contributed by atoms with Gasteiger partial charge in [0.05, 0.1) is 30.7 Å². The Hall–Kier alpha value is -3.26. The number of amides is 2. The molecule has 35 heavy (non-hydrogen) atoms. The fourth-order valence-corrected chi connectivity index (χ4v) is 4.78. The average molecular weight is 494 g/mol. The zero-order valence-electron chi connectivity index (χ0n) is 19.3. The van der Waals surface area contributed by atoms with Gasteiger partial charge >= 0.3 is 0 Å². The molecule has 3 aromatic rings. The highest BCUT2D eigenvalue weighted by Crippen LogP contribution is 2.44. The number of nitrogens with one attached hydrogen (secondary N) is 1. The molecule has 0 unspecified atom stereocenters. The summed E-state index contributed by atoms with van der Waals surface area (Å²) in [6.45, 7) is 1.44. The lowest BCUT2D eigenvalue weighted by atomic mass is 9.78. The number of hydrogen-bond acceptors (Lipinski definition) is 5. The van der Waals surface area contributed by atoms with E-state index in [4.69, 9.17) is 11.6 Å². The van der Waals surface area contributed by atoms with Gasteiger partial charge in [-0.15, -0.1) is 0 Å². The number of nitrogens with zero attached hydrogens (tertiary/aromatic N) is 2. The molecule has 8 heteroatoms. The van der Waals surface area contributed by atoms with Crippen molar-refractivity contribution >= 4 is 23.4 Å². The zero-order valence-corrected chi connectivity index (χ0v) is 20.1. The number of fused-ring (bicyclic) bond motifs is 1. The van der Waals surface area contributed by atoms with Crippen LogP contribution in [0.25, 0.3) is 0 Å². The van der Waals surface area contributed by atoms with E-state index in [0.717, 1.165) is 5.69 Å². The lowest BCUT2D eigenvalue weighted by molar-refractivity contribution is -0.125. The van der Waals surface area contributed by atoms with Gasteiger partial charge in [0.2, 0.25) is 5.91 Å². The summed E-state index contributed by atoms with van der Waals surface area (Å²) in [5.41, 5.74) is 2.52. The average Bonchev–Trinajstić information content (AvgIpc) is 2.86. The molecule has 2 aromatic carbocycles. The number of benzene rings is 2. The van der Waals surface area contributed by atoms with Crippen molar-refractivity contribution in [1.82, 2.24) is 15.2 Å². The van der Waals surface area contributed by atoms with Gasteiger partial charge in [-0.05, 0) is 48.4 Å². The molecule has 1 aliphatic rings. The molecule has 1 aliphatic heterocycles. The molecule has 4 atom stereocenters. The number of aromatic nitrogens is 1. The number of halogens is 1. The smallest absolute Gasteiger partial charge is 0.255 e. The summed E-state index contributed by atoms with van der Waals surface area (Å²) in [4.78, 5) is 33.1. The monoisotopic (exact) mass is 493 g/mol. The lowest BCUT2D eigenvalue weighted by Gasteiger charge is -2.46. The molecule has 3 N–H and O–H groups in total. The number of rotatable bonds is 8. The minimum atomic E-state index is -1.02. The Morgan fingerprint density at radius 3 is 2.49 bits per heavy atom. The first-order chi connectivity index (χ1) is 16.9. The molecular formula is C27H28ClN3O4. The quantitative estimate of drug-likeness (QED) is 0.447. The van der Waals surface area contributed by atoms with Crippen LogP contribution in [0.1, 0.15) is 46.1 Å². The topological polar surface area (TPSA) is 103 Å². The van der Waals surface area contributed by atoms with E-state index in [1.165, 1.54) is 11.8 Å². The maximum Gasteiger partial charge on any atom is 0.255 e. The van der Waals surface area contributed by atoms with Crippen LogP contribution in [0.2, 0.25) is 5.02 Å². The highest BCUT2D eigenvalue weighted by Gasteiger charge is 2.47. The van der Waals surface area contributed by atoms with E-state index in [1.807, 2.05) is 18.2 Å². The predicted molar refractivity (Wildman–Crippen MR) is 133 cm³/mol. The normalized spacial score (nSPS) is 19.1. The van der Waals surface area contributed by atoms with Crippen LogP contribution < -0.4 is 5.32 Å². The first kappa shape index (κ1) is 24.9. The highest BCUT2D eigenvalue weighted by molar-refractivity contribution is 6.30. The first-order valence-corrected chi connectivity index (χ1v) is 11.9.